The van der Waals surface area contributed by atoms with Crippen molar-refractivity contribution in [3.63, 3.8) is 0 Å². The minimum atomic E-state index is -0.807. The fraction of sp³-hybridized carbons (Fsp3) is 0.160. The topological polar surface area (TPSA) is 97.1 Å². The Hall–Kier alpha value is -4.40. The summed E-state index contributed by atoms with van der Waals surface area (Å²) in [5, 5.41) is 6.67. The second-order valence-corrected chi connectivity index (χ2v) is 7.73. The van der Waals surface area contributed by atoms with Crippen LogP contribution in [0.3, 0.4) is 0 Å². The van der Waals surface area contributed by atoms with E-state index in [1.165, 1.54) is 6.33 Å². The number of benzene rings is 1. The SMILES string of the molecule is [2H]c1c(-c2cc(NC[C@H](C)c3cccc4c(C(=O)NC)ccnc34)ncn2)c([2H])c2ncc(F)n2c1[2H]. The van der Waals surface area contributed by atoms with Crippen molar-refractivity contribution in [1.82, 2.24) is 29.7 Å². The summed E-state index contributed by atoms with van der Waals surface area (Å²) in [5.74, 6) is -0.552. The first-order valence-corrected chi connectivity index (χ1v) is 10.6. The number of nitrogens with zero attached hydrogens (tertiary/aromatic N) is 5. The number of carbonyl (C=O) groups is 1. The number of rotatable bonds is 6. The Balaban J connectivity index is 1.44. The van der Waals surface area contributed by atoms with Gasteiger partial charge in [-0.25, -0.2) is 15.0 Å². The van der Waals surface area contributed by atoms with E-state index in [1.807, 2.05) is 25.1 Å². The van der Waals surface area contributed by atoms with Gasteiger partial charge < -0.3 is 10.6 Å². The molecule has 0 saturated carbocycles. The van der Waals surface area contributed by atoms with Crippen molar-refractivity contribution in [1.29, 1.82) is 0 Å². The zero-order valence-electron chi connectivity index (χ0n) is 21.4. The molecular formula is C25H22FN7O. The van der Waals surface area contributed by atoms with Gasteiger partial charge in [0, 0.05) is 48.9 Å². The van der Waals surface area contributed by atoms with Crippen LogP contribution in [0.2, 0.25) is 0 Å². The molecule has 1 aromatic carbocycles. The number of imidazole rings is 1. The van der Waals surface area contributed by atoms with Crippen molar-refractivity contribution in [2.45, 2.75) is 12.8 Å². The van der Waals surface area contributed by atoms with Crippen LogP contribution in [0.15, 0.2) is 67.3 Å². The predicted octanol–water partition coefficient (Wildman–Crippen LogP) is 4.05. The highest BCUT2D eigenvalue weighted by molar-refractivity contribution is 6.06. The molecule has 0 fully saturated rings. The quantitative estimate of drug-likeness (QED) is 0.398. The number of pyridine rings is 2. The summed E-state index contributed by atoms with van der Waals surface area (Å²) in [4.78, 5) is 29.1. The molecule has 2 N–H and O–H groups in total. The third kappa shape index (κ3) is 3.92. The van der Waals surface area contributed by atoms with Gasteiger partial charge in [-0.1, -0.05) is 25.1 Å². The average Bonchev–Trinajstić information content (AvgIpc) is 3.31. The van der Waals surface area contributed by atoms with Gasteiger partial charge in [0.05, 0.1) is 27.1 Å². The number of hydrogen-bond donors (Lipinski definition) is 2. The van der Waals surface area contributed by atoms with Gasteiger partial charge in [-0.3, -0.25) is 14.2 Å². The maximum absolute atomic E-state index is 14.0. The number of hydrogen-bond acceptors (Lipinski definition) is 6. The van der Waals surface area contributed by atoms with E-state index in [4.69, 9.17) is 4.11 Å². The van der Waals surface area contributed by atoms with Crippen LogP contribution in [-0.4, -0.2) is 43.8 Å². The van der Waals surface area contributed by atoms with Gasteiger partial charge in [-0.2, -0.15) is 4.39 Å². The van der Waals surface area contributed by atoms with Crippen molar-refractivity contribution in [2.75, 3.05) is 18.9 Å². The number of nitrogens with one attached hydrogen (secondary N) is 2. The fourth-order valence-corrected chi connectivity index (χ4v) is 3.80. The lowest BCUT2D eigenvalue weighted by Gasteiger charge is -2.16. The summed E-state index contributed by atoms with van der Waals surface area (Å²) in [5.41, 5.74) is 2.51. The van der Waals surface area contributed by atoms with Gasteiger partial charge in [0.2, 0.25) is 5.95 Å². The Morgan fingerprint density at radius 2 is 2.12 bits per heavy atom. The van der Waals surface area contributed by atoms with E-state index in [0.717, 1.165) is 27.1 Å². The highest BCUT2D eigenvalue weighted by Crippen LogP contribution is 2.27. The largest absolute Gasteiger partial charge is 0.369 e. The van der Waals surface area contributed by atoms with Crippen LogP contribution in [0.25, 0.3) is 27.8 Å². The molecule has 0 bridgehead atoms. The average molecular weight is 459 g/mol. The first-order chi connectivity index (χ1) is 17.8. The lowest BCUT2D eigenvalue weighted by Crippen LogP contribution is -2.18. The van der Waals surface area contributed by atoms with Crippen LogP contribution >= 0.6 is 0 Å². The first-order valence-electron chi connectivity index (χ1n) is 12.1. The number of anilines is 1. The van der Waals surface area contributed by atoms with E-state index in [-0.39, 0.29) is 40.8 Å². The smallest absolute Gasteiger partial charge is 0.251 e. The molecule has 5 aromatic rings. The summed E-state index contributed by atoms with van der Waals surface area (Å²) in [6.07, 6.45) is 3.42. The van der Waals surface area contributed by atoms with Crippen molar-refractivity contribution in [3.05, 3.63) is 84.4 Å². The van der Waals surface area contributed by atoms with E-state index >= 15 is 0 Å². The predicted molar refractivity (Wildman–Crippen MR) is 128 cm³/mol. The van der Waals surface area contributed by atoms with Gasteiger partial charge in [-0.15, -0.1) is 0 Å². The zero-order chi connectivity index (χ0) is 26.3. The van der Waals surface area contributed by atoms with Gasteiger partial charge in [0.25, 0.3) is 5.91 Å². The van der Waals surface area contributed by atoms with Crippen molar-refractivity contribution < 1.29 is 13.3 Å². The molecule has 5 rings (SSSR count). The minimum absolute atomic E-state index is 0.0166. The van der Waals surface area contributed by atoms with Gasteiger partial charge in [-0.05, 0) is 23.7 Å². The van der Waals surface area contributed by atoms with Crippen LogP contribution in [0, 0.1) is 5.95 Å². The second-order valence-electron chi connectivity index (χ2n) is 7.73. The highest BCUT2D eigenvalue weighted by atomic mass is 19.1. The van der Waals surface area contributed by atoms with Gasteiger partial charge in [0.15, 0.2) is 0 Å². The Labute approximate surface area is 199 Å². The Morgan fingerprint density at radius 1 is 1.24 bits per heavy atom. The molecule has 170 valence electrons. The van der Waals surface area contributed by atoms with Crippen molar-refractivity contribution in [2.24, 2.45) is 0 Å². The van der Waals surface area contributed by atoms with Crippen molar-refractivity contribution >= 4 is 28.3 Å². The third-order valence-corrected chi connectivity index (χ3v) is 5.57. The molecule has 0 aliphatic rings. The number of aromatic nitrogens is 5. The first kappa shape index (κ1) is 18.1. The van der Waals surface area contributed by atoms with E-state index in [1.54, 1.807) is 25.4 Å². The lowest BCUT2D eigenvalue weighted by molar-refractivity contribution is 0.0964. The minimum Gasteiger partial charge on any atom is -0.369 e. The van der Waals surface area contributed by atoms with Crippen LogP contribution < -0.4 is 10.6 Å². The second kappa shape index (κ2) is 8.86. The molecule has 4 aromatic heterocycles. The molecule has 0 spiro atoms. The molecule has 0 unspecified atom stereocenters. The molecule has 0 aliphatic carbocycles. The summed E-state index contributed by atoms with van der Waals surface area (Å²) in [6, 6.07) is 8.47. The summed E-state index contributed by atoms with van der Waals surface area (Å²) in [7, 11) is 1.59. The van der Waals surface area contributed by atoms with E-state index < -0.39 is 12.1 Å². The Morgan fingerprint density at radius 3 is 2.97 bits per heavy atom. The maximum atomic E-state index is 14.0. The van der Waals surface area contributed by atoms with Crippen LogP contribution in [0.5, 0.6) is 0 Å². The van der Waals surface area contributed by atoms with Crippen LogP contribution in [-0.2, 0) is 0 Å². The molecule has 8 nitrogen and oxygen atoms in total. The molecule has 0 radical (unpaired) electrons. The lowest BCUT2D eigenvalue weighted by atomic mass is 9.96. The molecule has 1 amide bonds. The fourth-order valence-electron chi connectivity index (χ4n) is 3.80. The summed E-state index contributed by atoms with van der Waals surface area (Å²) >= 11 is 0. The molecule has 9 heteroatoms. The van der Waals surface area contributed by atoms with Crippen LogP contribution in [0.1, 0.15) is 32.9 Å². The number of para-hydroxylation sites is 1. The van der Waals surface area contributed by atoms with Gasteiger partial charge in [0.1, 0.15) is 17.8 Å². The molecule has 4 heterocycles. The van der Waals surface area contributed by atoms with Crippen LogP contribution in [0.4, 0.5) is 10.2 Å². The Bertz CT molecular complexity index is 1670. The summed E-state index contributed by atoms with van der Waals surface area (Å²) < 4.78 is 39.8. The van der Waals surface area contributed by atoms with E-state index in [2.05, 4.69) is 30.6 Å². The standard InChI is InChI=1S/C25H22FN7O/c1-15(17-4-3-5-18-19(25(34)27-2)6-8-28-24(17)18)12-29-22-11-20(31-14-32-22)16-7-9-33-21(26)13-30-23(33)10-16/h3-11,13-15H,12H2,1-2H3,(H,27,34)(H,29,31,32)/t15-/m0/s1/i7D,9D,10D. The Kier molecular flexibility index (Phi) is 4.71. The highest BCUT2D eigenvalue weighted by Gasteiger charge is 2.15. The molecule has 34 heavy (non-hydrogen) atoms. The maximum Gasteiger partial charge on any atom is 0.251 e. The summed E-state index contributed by atoms with van der Waals surface area (Å²) in [6.45, 7) is 2.49. The van der Waals surface area contributed by atoms with E-state index in [9.17, 15) is 9.18 Å². The molecule has 0 aliphatic heterocycles. The van der Waals surface area contributed by atoms with E-state index in [0.29, 0.717) is 17.9 Å². The zero-order valence-corrected chi connectivity index (χ0v) is 18.4. The monoisotopic (exact) mass is 458 g/mol. The normalized spacial score (nSPS) is 13.3. The number of amides is 1. The number of carbonyl (C=O) groups excluding carboxylic acids is 1. The molecular weight excluding hydrogens is 433 g/mol. The third-order valence-electron chi connectivity index (χ3n) is 5.57. The van der Waals surface area contributed by atoms with Crippen molar-refractivity contribution in [3.8, 4) is 11.3 Å². The molecule has 0 saturated heterocycles. The molecule has 1 atom stereocenters. The van der Waals surface area contributed by atoms with Gasteiger partial charge >= 0.3 is 0 Å². The number of halogens is 1. The number of fused-ring (bicyclic) bond motifs is 2.